The highest BCUT2D eigenvalue weighted by atomic mass is 14.7. The van der Waals surface area contributed by atoms with E-state index in [0.29, 0.717) is 0 Å². The summed E-state index contributed by atoms with van der Waals surface area (Å²) in [7, 11) is 0. The van der Waals surface area contributed by atoms with E-state index >= 15 is 0 Å². The summed E-state index contributed by atoms with van der Waals surface area (Å²) in [6, 6.07) is 58.6. The zero-order valence-electron chi connectivity index (χ0n) is 23.0. The normalized spacial score (nSPS) is 11.3. The van der Waals surface area contributed by atoms with E-state index < -0.39 is 0 Å². The average Bonchev–Trinajstić information content (AvgIpc) is 3.09. The fourth-order valence-corrected chi connectivity index (χ4v) is 6.15. The summed E-state index contributed by atoms with van der Waals surface area (Å²) in [5.41, 5.74) is 8.94. The molecule has 196 valence electrons. The molecule has 7 aromatic carbocycles. The van der Waals surface area contributed by atoms with Gasteiger partial charge in [0.05, 0.1) is 11.4 Å². The van der Waals surface area contributed by atoms with Crippen LogP contribution in [0.25, 0.3) is 77.1 Å². The zero-order valence-corrected chi connectivity index (χ0v) is 23.0. The minimum Gasteiger partial charge on any atom is -0.248 e. The van der Waals surface area contributed by atoms with Crippen LogP contribution < -0.4 is 0 Å². The third kappa shape index (κ3) is 4.24. The topological polar surface area (TPSA) is 12.9 Å². The van der Waals surface area contributed by atoms with E-state index in [9.17, 15) is 0 Å². The Kier molecular flexibility index (Phi) is 5.86. The molecular weight excluding hydrogens is 506 g/mol. The van der Waals surface area contributed by atoms with Gasteiger partial charge in [0, 0.05) is 11.1 Å². The van der Waals surface area contributed by atoms with E-state index in [1.54, 1.807) is 0 Å². The maximum Gasteiger partial charge on any atom is 0.0715 e. The van der Waals surface area contributed by atoms with Gasteiger partial charge in [-0.3, -0.25) is 0 Å². The molecular formula is C41H27N. The largest absolute Gasteiger partial charge is 0.248 e. The van der Waals surface area contributed by atoms with E-state index in [1.807, 2.05) is 12.1 Å². The van der Waals surface area contributed by atoms with Gasteiger partial charge in [0.25, 0.3) is 0 Å². The second-order valence-corrected chi connectivity index (χ2v) is 10.8. The predicted octanol–water partition coefficient (Wildman–Crippen LogP) is 11.2. The van der Waals surface area contributed by atoms with Gasteiger partial charge in [-0.25, -0.2) is 4.98 Å². The molecule has 1 heterocycles. The van der Waals surface area contributed by atoms with Gasteiger partial charge in [-0.2, -0.15) is 0 Å². The standard InChI is InChI=1S/C41H27N/c1-3-11-30(12-4-1)40-26-33(27-41(42-40)31-13-5-2-6-14-31)29-21-19-28(20-22-29)32-23-24-38-36-17-8-7-15-34(36)35-16-9-10-18-37(35)39(38)25-32/h1-27H. The van der Waals surface area contributed by atoms with E-state index in [4.69, 9.17) is 4.98 Å². The molecule has 0 spiro atoms. The number of benzene rings is 7. The van der Waals surface area contributed by atoms with Crippen LogP contribution >= 0.6 is 0 Å². The molecule has 0 aliphatic carbocycles. The summed E-state index contributed by atoms with van der Waals surface area (Å²) in [5.74, 6) is 0. The second kappa shape index (κ2) is 10.1. The first-order valence-corrected chi connectivity index (χ1v) is 14.4. The Balaban J connectivity index is 1.23. The summed E-state index contributed by atoms with van der Waals surface area (Å²) >= 11 is 0. The Bertz CT molecular complexity index is 2120. The van der Waals surface area contributed by atoms with Crippen molar-refractivity contribution < 1.29 is 0 Å². The van der Waals surface area contributed by atoms with Crippen molar-refractivity contribution >= 4 is 32.3 Å². The maximum atomic E-state index is 5.04. The Morgan fingerprint density at radius 3 is 1.12 bits per heavy atom. The highest BCUT2D eigenvalue weighted by molar-refractivity contribution is 6.25. The van der Waals surface area contributed by atoms with Gasteiger partial charge in [0.1, 0.15) is 0 Å². The molecule has 1 aromatic heterocycles. The molecule has 0 amide bonds. The summed E-state index contributed by atoms with van der Waals surface area (Å²) in [5, 5.41) is 7.79. The van der Waals surface area contributed by atoms with Gasteiger partial charge in [0.2, 0.25) is 0 Å². The van der Waals surface area contributed by atoms with Crippen molar-refractivity contribution in [1.82, 2.24) is 4.98 Å². The minimum absolute atomic E-state index is 0.977. The van der Waals surface area contributed by atoms with Crippen molar-refractivity contribution in [2.24, 2.45) is 0 Å². The monoisotopic (exact) mass is 533 g/mol. The van der Waals surface area contributed by atoms with Gasteiger partial charge >= 0.3 is 0 Å². The van der Waals surface area contributed by atoms with Crippen molar-refractivity contribution in [1.29, 1.82) is 0 Å². The Morgan fingerprint density at radius 2 is 0.619 bits per heavy atom. The second-order valence-electron chi connectivity index (χ2n) is 10.8. The van der Waals surface area contributed by atoms with Crippen LogP contribution in [0.15, 0.2) is 164 Å². The third-order valence-corrected chi connectivity index (χ3v) is 8.26. The molecule has 0 fully saturated rings. The van der Waals surface area contributed by atoms with Gasteiger partial charge in [-0.05, 0) is 72.8 Å². The summed E-state index contributed by atoms with van der Waals surface area (Å²) in [4.78, 5) is 5.04. The minimum atomic E-state index is 0.977. The summed E-state index contributed by atoms with van der Waals surface area (Å²) < 4.78 is 0. The first-order chi connectivity index (χ1) is 20.8. The van der Waals surface area contributed by atoms with Crippen LogP contribution in [0, 0.1) is 0 Å². The van der Waals surface area contributed by atoms with Crippen molar-refractivity contribution in [3.8, 4) is 44.8 Å². The zero-order chi connectivity index (χ0) is 27.9. The number of hydrogen-bond acceptors (Lipinski definition) is 1. The molecule has 0 bridgehead atoms. The lowest BCUT2D eigenvalue weighted by molar-refractivity contribution is 1.32. The van der Waals surface area contributed by atoms with Crippen LogP contribution in [0.1, 0.15) is 0 Å². The Morgan fingerprint density at radius 1 is 0.238 bits per heavy atom. The molecule has 0 N–H and O–H groups in total. The maximum absolute atomic E-state index is 5.04. The molecule has 0 aliphatic heterocycles. The highest BCUT2D eigenvalue weighted by Gasteiger charge is 2.11. The van der Waals surface area contributed by atoms with Crippen LogP contribution in [0.5, 0.6) is 0 Å². The average molecular weight is 534 g/mol. The number of pyridine rings is 1. The van der Waals surface area contributed by atoms with Crippen LogP contribution in [-0.4, -0.2) is 4.98 Å². The third-order valence-electron chi connectivity index (χ3n) is 8.26. The number of nitrogens with zero attached hydrogens (tertiary/aromatic N) is 1. The van der Waals surface area contributed by atoms with Crippen LogP contribution in [0.2, 0.25) is 0 Å². The highest BCUT2D eigenvalue weighted by Crippen LogP contribution is 2.37. The number of fused-ring (bicyclic) bond motifs is 6. The van der Waals surface area contributed by atoms with Crippen molar-refractivity contribution in [3.63, 3.8) is 0 Å². The lowest BCUT2D eigenvalue weighted by Crippen LogP contribution is -1.91. The molecule has 42 heavy (non-hydrogen) atoms. The Hall–Kier alpha value is -5.53. The first kappa shape index (κ1) is 24.3. The molecule has 1 heteroatoms. The van der Waals surface area contributed by atoms with Gasteiger partial charge < -0.3 is 0 Å². The number of aromatic nitrogens is 1. The first-order valence-electron chi connectivity index (χ1n) is 14.4. The van der Waals surface area contributed by atoms with Crippen molar-refractivity contribution in [3.05, 3.63) is 164 Å². The number of rotatable bonds is 4. The van der Waals surface area contributed by atoms with Crippen molar-refractivity contribution in [2.75, 3.05) is 0 Å². The molecule has 0 unspecified atom stereocenters. The molecule has 0 saturated heterocycles. The molecule has 8 aromatic rings. The quantitative estimate of drug-likeness (QED) is 0.205. The van der Waals surface area contributed by atoms with E-state index in [-0.39, 0.29) is 0 Å². The van der Waals surface area contributed by atoms with E-state index in [1.165, 1.54) is 49.0 Å². The lowest BCUT2D eigenvalue weighted by Gasteiger charge is -2.13. The lowest BCUT2D eigenvalue weighted by atomic mass is 9.91. The van der Waals surface area contributed by atoms with Crippen LogP contribution in [-0.2, 0) is 0 Å². The molecule has 8 rings (SSSR count). The van der Waals surface area contributed by atoms with E-state index in [2.05, 4.69) is 152 Å². The summed E-state index contributed by atoms with van der Waals surface area (Å²) in [6.45, 7) is 0. The summed E-state index contributed by atoms with van der Waals surface area (Å²) in [6.07, 6.45) is 0. The molecule has 0 atom stereocenters. The molecule has 0 aliphatic rings. The molecule has 0 saturated carbocycles. The van der Waals surface area contributed by atoms with Crippen molar-refractivity contribution in [2.45, 2.75) is 0 Å². The van der Waals surface area contributed by atoms with Crippen LogP contribution in [0.4, 0.5) is 0 Å². The van der Waals surface area contributed by atoms with Crippen LogP contribution in [0.3, 0.4) is 0 Å². The van der Waals surface area contributed by atoms with Gasteiger partial charge in [-0.15, -0.1) is 0 Å². The van der Waals surface area contributed by atoms with E-state index in [0.717, 1.165) is 28.1 Å². The van der Waals surface area contributed by atoms with Gasteiger partial charge in [0.15, 0.2) is 0 Å². The number of hydrogen-bond donors (Lipinski definition) is 0. The molecule has 0 radical (unpaired) electrons. The smallest absolute Gasteiger partial charge is 0.0715 e. The predicted molar refractivity (Wildman–Crippen MR) is 178 cm³/mol. The fourth-order valence-electron chi connectivity index (χ4n) is 6.15. The molecule has 1 nitrogen and oxygen atoms in total. The SMILES string of the molecule is c1ccc(-c2cc(-c3ccc(-c4ccc5c6ccccc6c6ccccc6c5c4)cc3)cc(-c3ccccc3)n2)cc1. The fraction of sp³-hybridized carbons (Fsp3) is 0. The van der Waals surface area contributed by atoms with Gasteiger partial charge in [-0.1, -0.05) is 146 Å². The Labute approximate surface area is 245 Å².